The van der Waals surface area contributed by atoms with E-state index in [4.69, 9.17) is 10.00 Å². The van der Waals surface area contributed by atoms with Crippen molar-refractivity contribution in [1.29, 1.82) is 5.26 Å². The molecule has 2 rings (SSSR count). The molecule has 18 heavy (non-hydrogen) atoms. The second-order valence-corrected chi connectivity index (χ2v) is 4.40. The largest absolute Gasteiger partial charge is 0.494 e. The minimum atomic E-state index is 0.578. The number of ether oxygens (including phenoxy) is 1. The third-order valence-corrected chi connectivity index (χ3v) is 3.09. The Morgan fingerprint density at radius 1 is 1.44 bits per heavy atom. The predicted octanol–water partition coefficient (Wildman–Crippen LogP) is 3.61. The summed E-state index contributed by atoms with van der Waals surface area (Å²) in [5.74, 6) is 0.836. The molecular weight excluding hydrogens is 244 g/mol. The molecule has 0 radical (unpaired) electrons. The van der Waals surface area contributed by atoms with Gasteiger partial charge in [0.2, 0.25) is 0 Å². The second-order valence-electron chi connectivity index (χ2n) is 3.51. The number of rotatable bonds is 4. The molecule has 0 aliphatic carbocycles. The van der Waals surface area contributed by atoms with Crippen LogP contribution in [0, 0.1) is 11.3 Å². The molecule has 0 saturated heterocycles. The summed E-state index contributed by atoms with van der Waals surface area (Å²) in [7, 11) is 0. The Labute approximate surface area is 110 Å². The summed E-state index contributed by atoms with van der Waals surface area (Å²) < 4.78 is 5.37. The summed E-state index contributed by atoms with van der Waals surface area (Å²) in [6, 6.07) is 9.81. The van der Waals surface area contributed by atoms with Crippen molar-refractivity contribution in [3.8, 4) is 11.8 Å². The first-order chi connectivity index (χ1) is 8.83. The van der Waals surface area contributed by atoms with Crippen LogP contribution in [0.25, 0.3) is 11.6 Å². The summed E-state index contributed by atoms with van der Waals surface area (Å²) in [6.45, 7) is 2.60. The maximum absolute atomic E-state index is 9.12. The van der Waals surface area contributed by atoms with Gasteiger partial charge in [-0.2, -0.15) is 5.26 Å². The molecule has 0 spiro atoms. The van der Waals surface area contributed by atoms with Gasteiger partial charge in [-0.25, -0.2) is 4.98 Å². The Balaban J connectivity index is 2.24. The molecule has 0 unspecified atom stereocenters. The van der Waals surface area contributed by atoms with Crippen LogP contribution in [-0.4, -0.2) is 11.6 Å². The lowest BCUT2D eigenvalue weighted by atomic mass is 10.1. The highest BCUT2D eigenvalue weighted by Gasteiger charge is 2.03. The van der Waals surface area contributed by atoms with Crippen LogP contribution in [0.5, 0.6) is 5.75 Å². The first-order valence-corrected chi connectivity index (χ1v) is 6.46. The van der Waals surface area contributed by atoms with Crippen molar-refractivity contribution in [3.05, 3.63) is 46.4 Å². The van der Waals surface area contributed by atoms with E-state index in [0.717, 1.165) is 16.3 Å². The third-order valence-electron chi connectivity index (χ3n) is 2.29. The van der Waals surface area contributed by atoms with Crippen molar-refractivity contribution in [1.82, 2.24) is 4.98 Å². The van der Waals surface area contributed by atoms with Gasteiger partial charge in [-0.1, -0.05) is 12.1 Å². The Kier molecular flexibility index (Phi) is 4.11. The smallest absolute Gasteiger partial charge is 0.133 e. The monoisotopic (exact) mass is 256 g/mol. The minimum absolute atomic E-state index is 0.578. The molecule has 0 aliphatic heterocycles. The fourth-order valence-corrected chi connectivity index (χ4v) is 2.10. The molecule has 0 atom stereocenters. The number of nitriles is 1. The number of allylic oxidation sites excluding steroid dienone is 1. The van der Waals surface area contributed by atoms with Crippen molar-refractivity contribution >= 4 is 23.0 Å². The normalized spacial score (nSPS) is 11.0. The summed E-state index contributed by atoms with van der Waals surface area (Å²) in [4.78, 5) is 4.13. The van der Waals surface area contributed by atoms with Crippen molar-refractivity contribution < 1.29 is 4.74 Å². The zero-order valence-corrected chi connectivity index (χ0v) is 10.8. The Bertz CT molecular complexity index is 565. The van der Waals surface area contributed by atoms with E-state index in [1.165, 1.54) is 11.3 Å². The van der Waals surface area contributed by atoms with Gasteiger partial charge >= 0.3 is 0 Å². The zero-order chi connectivity index (χ0) is 12.8. The first kappa shape index (κ1) is 12.3. The van der Waals surface area contributed by atoms with E-state index in [1.54, 1.807) is 6.20 Å². The summed E-state index contributed by atoms with van der Waals surface area (Å²) in [5.41, 5.74) is 1.54. The van der Waals surface area contributed by atoms with Crippen molar-refractivity contribution in [2.45, 2.75) is 6.92 Å². The molecule has 1 aromatic carbocycles. The lowest BCUT2D eigenvalue weighted by Gasteiger charge is -2.02. The number of hydrogen-bond acceptors (Lipinski definition) is 4. The fraction of sp³-hybridized carbons (Fsp3) is 0.143. The lowest BCUT2D eigenvalue weighted by molar-refractivity contribution is 0.340. The quantitative estimate of drug-likeness (QED) is 0.785. The van der Waals surface area contributed by atoms with E-state index in [1.807, 2.05) is 42.6 Å². The number of hydrogen-bond donors (Lipinski definition) is 0. The highest BCUT2D eigenvalue weighted by molar-refractivity contribution is 7.10. The van der Waals surface area contributed by atoms with E-state index < -0.39 is 0 Å². The Morgan fingerprint density at radius 2 is 2.22 bits per heavy atom. The van der Waals surface area contributed by atoms with Gasteiger partial charge in [-0.3, -0.25) is 0 Å². The molecule has 0 saturated carbocycles. The van der Waals surface area contributed by atoms with Crippen LogP contribution in [0.2, 0.25) is 0 Å². The molecule has 0 fully saturated rings. The van der Waals surface area contributed by atoms with Crippen LogP contribution in [0.3, 0.4) is 0 Å². The average molecular weight is 256 g/mol. The number of nitrogens with zero attached hydrogens (tertiary/aromatic N) is 2. The van der Waals surface area contributed by atoms with Crippen molar-refractivity contribution in [3.63, 3.8) is 0 Å². The standard InChI is InChI=1S/C14H12N2OS/c1-2-17-13-5-3-11(4-6-13)9-12(10-15)14-16-7-8-18-14/h3-9H,2H2,1H3/b12-9+. The Hall–Kier alpha value is -2.12. The van der Waals surface area contributed by atoms with E-state index in [0.29, 0.717) is 12.2 Å². The number of aromatic nitrogens is 1. The van der Waals surface area contributed by atoms with Gasteiger partial charge in [0.15, 0.2) is 0 Å². The molecule has 90 valence electrons. The topological polar surface area (TPSA) is 45.9 Å². The summed E-state index contributed by atoms with van der Waals surface area (Å²) >= 11 is 1.46. The molecule has 0 N–H and O–H groups in total. The van der Waals surface area contributed by atoms with Crippen molar-refractivity contribution in [2.75, 3.05) is 6.61 Å². The first-order valence-electron chi connectivity index (χ1n) is 5.58. The van der Waals surface area contributed by atoms with Gasteiger partial charge in [-0.15, -0.1) is 11.3 Å². The average Bonchev–Trinajstić information content (AvgIpc) is 2.92. The van der Waals surface area contributed by atoms with Crippen LogP contribution < -0.4 is 4.74 Å². The van der Waals surface area contributed by atoms with Crippen molar-refractivity contribution in [2.24, 2.45) is 0 Å². The van der Waals surface area contributed by atoms with Gasteiger partial charge in [0.1, 0.15) is 16.8 Å². The predicted molar refractivity (Wildman–Crippen MR) is 73.2 cm³/mol. The van der Waals surface area contributed by atoms with Gasteiger partial charge in [0.25, 0.3) is 0 Å². The SMILES string of the molecule is CCOc1ccc(/C=C(\C#N)c2nccs2)cc1. The molecule has 1 heterocycles. The molecule has 1 aromatic heterocycles. The molecule has 0 amide bonds. The van der Waals surface area contributed by atoms with Gasteiger partial charge in [-0.05, 0) is 30.7 Å². The lowest BCUT2D eigenvalue weighted by Crippen LogP contribution is -1.90. The maximum atomic E-state index is 9.12. The van der Waals surface area contributed by atoms with Gasteiger partial charge < -0.3 is 4.74 Å². The highest BCUT2D eigenvalue weighted by Crippen LogP contribution is 2.21. The van der Waals surface area contributed by atoms with Crippen LogP contribution >= 0.6 is 11.3 Å². The molecular formula is C14H12N2OS. The highest BCUT2D eigenvalue weighted by atomic mass is 32.1. The van der Waals surface area contributed by atoms with Crippen LogP contribution in [0.1, 0.15) is 17.5 Å². The summed E-state index contributed by atoms with van der Waals surface area (Å²) in [5, 5.41) is 11.7. The van der Waals surface area contributed by atoms with E-state index in [9.17, 15) is 0 Å². The van der Waals surface area contributed by atoms with E-state index in [2.05, 4.69) is 11.1 Å². The fourth-order valence-electron chi connectivity index (χ4n) is 1.49. The number of benzene rings is 1. The van der Waals surface area contributed by atoms with Gasteiger partial charge in [0, 0.05) is 11.6 Å². The molecule has 0 bridgehead atoms. The Morgan fingerprint density at radius 3 is 2.78 bits per heavy atom. The van der Waals surface area contributed by atoms with Crippen LogP contribution in [0.4, 0.5) is 0 Å². The van der Waals surface area contributed by atoms with Crippen LogP contribution in [0.15, 0.2) is 35.8 Å². The van der Waals surface area contributed by atoms with Gasteiger partial charge in [0.05, 0.1) is 12.2 Å². The molecule has 2 aromatic rings. The summed E-state index contributed by atoms with van der Waals surface area (Å²) in [6.07, 6.45) is 3.53. The zero-order valence-electron chi connectivity index (χ0n) is 9.96. The third kappa shape index (κ3) is 2.96. The maximum Gasteiger partial charge on any atom is 0.133 e. The van der Waals surface area contributed by atoms with E-state index in [-0.39, 0.29) is 0 Å². The molecule has 4 heteroatoms. The number of thiazole rings is 1. The van der Waals surface area contributed by atoms with E-state index >= 15 is 0 Å². The molecule has 0 aliphatic rings. The minimum Gasteiger partial charge on any atom is -0.494 e. The second kappa shape index (κ2) is 5.99. The van der Waals surface area contributed by atoms with Crippen LogP contribution in [-0.2, 0) is 0 Å². The molecule has 3 nitrogen and oxygen atoms in total.